The Bertz CT molecular complexity index is 1550. The molecule has 0 aliphatic heterocycles. The second kappa shape index (κ2) is 6.30. The molecule has 0 unspecified atom stereocenters. The molecule has 5 aromatic rings. The Balaban J connectivity index is 2.02. The van der Waals surface area contributed by atoms with Gasteiger partial charge in [0.15, 0.2) is 29.0 Å². The van der Waals surface area contributed by atoms with Gasteiger partial charge in [0.25, 0.3) is 5.56 Å². The number of hydrogen-bond donors (Lipinski definition) is 0. The van der Waals surface area contributed by atoms with Crippen LogP contribution in [0.15, 0.2) is 46.1 Å². The molecule has 0 aliphatic carbocycles. The summed E-state index contributed by atoms with van der Waals surface area (Å²) in [5, 5.41) is 2.94. The van der Waals surface area contributed by atoms with Crippen LogP contribution in [0.3, 0.4) is 0 Å². The molecule has 31 heavy (non-hydrogen) atoms. The summed E-state index contributed by atoms with van der Waals surface area (Å²) < 4.78 is 86.6. The largest absolute Gasteiger partial charge is 0.441 e. The maximum absolute atomic E-state index is 14.3. The van der Waals surface area contributed by atoms with Gasteiger partial charge in [-0.05, 0) is 18.2 Å². The van der Waals surface area contributed by atoms with Gasteiger partial charge in [-0.3, -0.25) is 9.36 Å². The molecule has 4 heterocycles. The van der Waals surface area contributed by atoms with Crippen molar-refractivity contribution in [3.05, 3.63) is 58.7 Å². The summed E-state index contributed by atoms with van der Waals surface area (Å²) >= 11 is 0. The summed E-state index contributed by atoms with van der Waals surface area (Å²) in [4.78, 5) is 20.4. The molecule has 0 bridgehead atoms. The smallest absolute Gasteiger partial charge is 0.436 e. The van der Waals surface area contributed by atoms with Crippen molar-refractivity contribution in [2.24, 2.45) is 0 Å². The number of oxazole rings is 1. The minimum absolute atomic E-state index is 0.0261. The molecule has 1 aromatic carbocycles. The molecule has 0 saturated heterocycles. The number of nitrogens with zero attached hydrogens (tertiary/aromatic N) is 5. The molecule has 5 rings (SSSR count). The van der Waals surface area contributed by atoms with Crippen molar-refractivity contribution in [3.63, 3.8) is 0 Å². The molecule has 7 nitrogen and oxygen atoms in total. The molecule has 0 radical (unpaired) electrons. The Kier molecular flexibility index (Phi) is 3.88. The van der Waals surface area contributed by atoms with Crippen molar-refractivity contribution in [1.82, 2.24) is 24.3 Å². The van der Waals surface area contributed by atoms with Gasteiger partial charge in [0.1, 0.15) is 11.2 Å². The van der Waals surface area contributed by atoms with Crippen LogP contribution in [0.2, 0.25) is 0 Å². The van der Waals surface area contributed by atoms with E-state index in [1.807, 2.05) is 0 Å². The first kappa shape index (κ1) is 19.1. The predicted molar refractivity (Wildman–Crippen MR) is 94.4 cm³/mol. The van der Waals surface area contributed by atoms with Gasteiger partial charge in [-0.2, -0.15) is 27.1 Å². The Morgan fingerprint density at radius 3 is 2.61 bits per heavy atom. The normalized spacial score (nSPS) is 12.6. The summed E-state index contributed by atoms with van der Waals surface area (Å²) in [7, 11) is 0. The van der Waals surface area contributed by atoms with Crippen LogP contribution < -0.4 is 5.56 Å². The molecule has 4 aromatic heterocycles. The van der Waals surface area contributed by atoms with E-state index in [9.17, 15) is 31.1 Å². The Labute approximate surface area is 166 Å². The zero-order chi connectivity index (χ0) is 22.1. The second-order valence-corrected chi connectivity index (χ2v) is 6.46. The van der Waals surface area contributed by atoms with Crippen LogP contribution in [0.1, 0.15) is 12.2 Å². The van der Waals surface area contributed by atoms with E-state index >= 15 is 0 Å². The van der Waals surface area contributed by atoms with Gasteiger partial charge in [0, 0.05) is 17.0 Å². The second-order valence-electron chi connectivity index (χ2n) is 6.46. The molecule has 0 fully saturated rings. The third kappa shape index (κ3) is 2.76. The average molecular weight is 439 g/mol. The standard InChI is InChI=1S/C18H7F6N5O2/c19-9-4-7-8-5-28(17(20)21)27-12(8)16(30)29(15(7)26-14(9)18(22,23)24)11-3-1-2-10-13(11)31-6-25-10/h1-6,17H. The minimum atomic E-state index is -5.17. The number of aromatic nitrogens is 5. The maximum Gasteiger partial charge on any atom is 0.436 e. The summed E-state index contributed by atoms with van der Waals surface area (Å²) in [6.07, 6.45) is -3.36. The van der Waals surface area contributed by atoms with E-state index in [2.05, 4.69) is 15.1 Å². The van der Waals surface area contributed by atoms with Crippen LogP contribution >= 0.6 is 0 Å². The van der Waals surface area contributed by atoms with E-state index in [0.29, 0.717) is 10.6 Å². The Morgan fingerprint density at radius 1 is 1.13 bits per heavy atom. The van der Waals surface area contributed by atoms with Crippen LogP contribution in [0.4, 0.5) is 26.3 Å². The number of halogens is 6. The molecule has 0 spiro atoms. The fourth-order valence-electron chi connectivity index (χ4n) is 3.37. The third-order valence-electron chi connectivity index (χ3n) is 4.64. The van der Waals surface area contributed by atoms with Gasteiger partial charge in [-0.25, -0.2) is 19.0 Å². The van der Waals surface area contributed by atoms with Crippen molar-refractivity contribution >= 4 is 33.0 Å². The van der Waals surface area contributed by atoms with Crippen molar-refractivity contribution < 1.29 is 30.8 Å². The van der Waals surface area contributed by atoms with Crippen molar-refractivity contribution in [3.8, 4) is 5.69 Å². The Hall–Kier alpha value is -3.90. The lowest BCUT2D eigenvalue weighted by atomic mass is 10.1. The molecule has 0 atom stereocenters. The highest BCUT2D eigenvalue weighted by Crippen LogP contribution is 2.34. The van der Waals surface area contributed by atoms with E-state index in [1.54, 1.807) is 0 Å². The highest BCUT2D eigenvalue weighted by molar-refractivity contribution is 6.04. The van der Waals surface area contributed by atoms with Crippen molar-refractivity contribution in [2.75, 3.05) is 0 Å². The topological polar surface area (TPSA) is 78.7 Å². The summed E-state index contributed by atoms with van der Waals surface area (Å²) in [6, 6.07) is 4.80. The van der Waals surface area contributed by atoms with E-state index in [4.69, 9.17) is 4.42 Å². The zero-order valence-electron chi connectivity index (χ0n) is 14.9. The minimum Gasteiger partial charge on any atom is -0.441 e. The monoisotopic (exact) mass is 439 g/mol. The highest BCUT2D eigenvalue weighted by atomic mass is 19.4. The molecule has 0 N–H and O–H groups in total. The number of hydrogen-bond acceptors (Lipinski definition) is 5. The van der Waals surface area contributed by atoms with Crippen LogP contribution in [-0.2, 0) is 6.18 Å². The predicted octanol–water partition coefficient (Wildman–Crippen LogP) is 4.43. The van der Waals surface area contributed by atoms with Gasteiger partial charge in [-0.15, -0.1) is 0 Å². The number of fused-ring (bicyclic) bond motifs is 4. The quantitative estimate of drug-likeness (QED) is 0.381. The van der Waals surface area contributed by atoms with Crippen LogP contribution in [0, 0.1) is 5.82 Å². The first-order chi connectivity index (χ1) is 14.7. The third-order valence-corrected chi connectivity index (χ3v) is 4.64. The lowest BCUT2D eigenvalue weighted by molar-refractivity contribution is -0.143. The molecule has 0 amide bonds. The summed E-state index contributed by atoms with van der Waals surface area (Å²) in [5.41, 5.74) is -3.79. The summed E-state index contributed by atoms with van der Waals surface area (Å²) in [6.45, 7) is -3.14. The van der Waals surface area contributed by atoms with Gasteiger partial charge in [0.05, 0.1) is 5.69 Å². The highest BCUT2D eigenvalue weighted by Gasteiger charge is 2.37. The maximum atomic E-state index is 14.3. The van der Waals surface area contributed by atoms with Gasteiger partial charge in [0.2, 0.25) is 0 Å². The zero-order valence-corrected chi connectivity index (χ0v) is 14.9. The van der Waals surface area contributed by atoms with E-state index in [1.165, 1.54) is 18.2 Å². The SMILES string of the molecule is O=c1c2nn(C(F)F)cc2c2cc(F)c(C(F)(F)F)nc2n1-c1cccc2ncoc12. The molecule has 158 valence electrons. The molecular formula is C18H7F6N5O2. The Morgan fingerprint density at radius 2 is 1.90 bits per heavy atom. The molecule has 0 saturated carbocycles. The van der Waals surface area contributed by atoms with Crippen molar-refractivity contribution in [1.29, 1.82) is 0 Å². The number of alkyl halides is 5. The number of rotatable bonds is 2. The number of pyridine rings is 2. The number of para-hydroxylation sites is 1. The first-order valence-corrected chi connectivity index (χ1v) is 8.49. The fraction of sp³-hybridized carbons (Fsp3) is 0.111. The molecule has 0 aliphatic rings. The average Bonchev–Trinajstić information content (AvgIpc) is 3.35. The lowest BCUT2D eigenvalue weighted by Crippen LogP contribution is -2.22. The van der Waals surface area contributed by atoms with Gasteiger partial charge in [-0.1, -0.05) is 6.07 Å². The van der Waals surface area contributed by atoms with Gasteiger partial charge >= 0.3 is 12.7 Å². The van der Waals surface area contributed by atoms with Crippen LogP contribution in [-0.4, -0.2) is 24.3 Å². The van der Waals surface area contributed by atoms with E-state index in [0.717, 1.165) is 12.6 Å². The van der Waals surface area contributed by atoms with Gasteiger partial charge < -0.3 is 4.42 Å². The van der Waals surface area contributed by atoms with Crippen LogP contribution in [0.5, 0.6) is 0 Å². The first-order valence-electron chi connectivity index (χ1n) is 8.49. The fourth-order valence-corrected chi connectivity index (χ4v) is 3.37. The molecular weight excluding hydrogens is 432 g/mol. The lowest BCUT2D eigenvalue weighted by Gasteiger charge is -2.13. The number of benzene rings is 1. The van der Waals surface area contributed by atoms with Crippen molar-refractivity contribution in [2.45, 2.75) is 12.7 Å². The van der Waals surface area contributed by atoms with Crippen LogP contribution in [0.25, 0.3) is 38.7 Å². The molecule has 13 heteroatoms. The summed E-state index contributed by atoms with van der Waals surface area (Å²) in [5.74, 6) is -1.73. The van der Waals surface area contributed by atoms with E-state index in [-0.39, 0.29) is 32.2 Å². The van der Waals surface area contributed by atoms with E-state index < -0.39 is 41.0 Å².